The Labute approximate surface area is 98.1 Å². The van der Waals surface area contributed by atoms with Crippen LogP contribution in [-0.4, -0.2) is 25.2 Å². The molecule has 1 aromatic rings. The van der Waals surface area contributed by atoms with Gasteiger partial charge in [0.05, 0.1) is 30.4 Å². The summed E-state index contributed by atoms with van der Waals surface area (Å²) in [5.41, 5.74) is 0.191. The van der Waals surface area contributed by atoms with Crippen LogP contribution in [0.25, 0.3) is 0 Å². The number of anilines is 2. The van der Waals surface area contributed by atoms with Crippen molar-refractivity contribution in [1.29, 1.82) is 0 Å². The second kappa shape index (κ2) is 3.43. The van der Waals surface area contributed by atoms with Gasteiger partial charge < -0.3 is 15.4 Å². The third-order valence-corrected chi connectivity index (χ3v) is 3.56. The molecule has 0 spiro atoms. The van der Waals surface area contributed by atoms with Crippen LogP contribution in [0.15, 0.2) is 18.2 Å². The number of benzene rings is 1. The molecule has 0 saturated carbocycles. The molecule has 2 atom stereocenters. The van der Waals surface area contributed by atoms with Crippen LogP contribution in [-0.2, 0) is 9.53 Å². The molecule has 4 nitrogen and oxygen atoms in total. The molecule has 2 aliphatic heterocycles. The summed E-state index contributed by atoms with van der Waals surface area (Å²) >= 11 is 0. The van der Waals surface area contributed by atoms with E-state index in [4.69, 9.17) is 4.74 Å². The lowest BCUT2D eigenvalue weighted by molar-refractivity contribution is -0.124. The summed E-state index contributed by atoms with van der Waals surface area (Å²) in [4.78, 5) is 12.1. The van der Waals surface area contributed by atoms with Gasteiger partial charge in [0.25, 0.3) is 0 Å². The molecule has 0 bridgehead atoms. The molecule has 17 heavy (non-hydrogen) atoms. The zero-order valence-corrected chi connectivity index (χ0v) is 9.42. The van der Waals surface area contributed by atoms with Gasteiger partial charge in [0.2, 0.25) is 5.91 Å². The first-order valence-corrected chi connectivity index (χ1v) is 5.55. The summed E-state index contributed by atoms with van der Waals surface area (Å²) in [6.45, 7) is 2.64. The maximum Gasteiger partial charge on any atom is 0.234 e. The molecular weight excluding hydrogens is 223 g/mol. The Morgan fingerprint density at radius 1 is 1.53 bits per heavy atom. The number of nitrogens with one attached hydrogen (secondary N) is 2. The van der Waals surface area contributed by atoms with E-state index in [-0.39, 0.29) is 17.6 Å². The Morgan fingerprint density at radius 2 is 2.35 bits per heavy atom. The summed E-state index contributed by atoms with van der Waals surface area (Å²) in [5, 5.41) is 5.83. The molecular formula is C12H13FN2O2. The lowest BCUT2D eigenvalue weighted by Crippen LogP contribution is -2.44. The minimum Gasteiger partial charge on any atom is -0.378 e. The molecule has 2 unspecified atom stereocenters. The van der Waals surface area contributed by atoms with Gasteiger partial charge in [0, 0.05) is 0 Å². The Bertz CT molecular complexity index is 491. The van der Waals surface area contributed by atoms with Crippen LogP contribution in [0.4, 0.5) is 15.8 Å². The predicted octanol–water partition coefficient (Wildman–Crippen LogP) is 1.59. The van der Waals surface area contributed by atoms with Crippen molar-refractivity contribution in [3.05, 3.63) is 24.0 Å². The first-order valence-electron chi connectivity index (χ1n) is 5.55. The highest BCUT2D eigenvalue weighted by Gasteiger charge is 2.48. The average molecular weight is 236 g/mol. The fraction of sp³-hybridized carbons (Fsp3) is 0.417. The summed E-state index contributed by atoms with van der Waals surface area (Å²) in [5.74, 6) is -0.621. The summed E-state index contributed by atoms with van der Waals surface area (Å²) in [7, 11) is 0. The Morgan fingerprint density at radius 3 is 3.18 bits per heavy atom. The van der Waals surface area contributed by atoms with Gasteiger partial charge in [-0.3, -0.25) is 4.79 Å². The van der Waals surface area contributed by atoms with E-state index in [0.29, 0.717) is 18.9 Å². The molecule has 2 aliphatic rings. The van der Waals surface area contributed by atoms with Crippen LogP contribution in [0.5, 0.6) is 0 Å². The van der Waals surface area contributed by atoms with E-state index in [0.717, 1.165) is 0 Å². The second-order valence-corrected chi connectivity index (χ2v) is 4.75. The smallest absolute Gasteiger partial charge is 0.234 e. The molecule has 2 heterocycles. The maximum atomic E-state index is 13.6. The number of halogens is 1. The van der Waals surface area contributed by atoms with Gasteiger partial charge in [-0.2, -0.15) is 0 Å². The molecule has 0 aromatic heterocycles. The number of rotatable bonds is 0. The van der Waals surface area contributed by atoms with Crippen LogP contribution in [0.2, 0.25) is 0 Å². The van der Waals surface area contributed by atoms with E-state index in [1.165, 1.54) is 6.07 Å². The van der Waals surface area contributed by atoms with Gasteiger partial charge in [0.1, 0.15) is 11.5 Å². The lowest BCUT2D eigenvalue weighted by Gasteiger charge is -2.25. The topological polar surface area (TPSA) is 50.4 Å². The Balaban J connectivity index is 2.09. The van der Waals surface area contributed by atoms with E-state index in [1.54, 1.807) is 12.1 Å². The van der Waals surface area contributed by atoms with Crippen molar-refractivity contribution in [1.82, 2.24) is 0 Å². The fourth-order valence-electron chi connectivity index (χ4n) is 2.31. The van der Waals surface area contributed by atoms with Crippen molar-refractivity contribution in [2.45, 2.75) is 13.0 Å². The van der Waals surface area contributed by atoms with Crippen molar-refractivity contribution in [2.75, 3.05) is 23.8 Å². The Kier molecular flexibility index (Phi) is 2.13. The second-order valence-electron chi connectivity index (χ2n) is 4.75. The molecule has 5 heteroatoms. The van der Waals surface area contributed by atoms with Gasteiger partial charge in [-0.1, -0.05) is 6.07 Å². The average Bonchev–Trinajstić information content (AvgIpc) is 2.62. The number of amides is 1. The highest BCUT2D eigenvalue weighted by atomic mass is 19.1. The summed E-state index contributed by atoms with van der Waals surface area (Å²) < 4.78 is 19.0. The molecule has 1 saturated heterocycles. The molecule has 1 amide bonds. The van der Waals surface area contributed by atoms with E-state index >= 15 is 0 Å². The van der Waals surface area contributed by atoms with Crippen molar-refractivity contribution in [3.63, 3.8) is 0 Å². The van der Waals surface area contributed by atoms with Crippen LogP contribution < -0.4 is 10.6 Å². The highest BCUT2D eigenvalue weighted by molar-refractivity contribution is 6.00. The minimum absolute atomic E-state index is 0.120. The largest absolute Gasteiger partial charge is 0.378 e. The molecule has 0 radical (unpaired) electrons. The van der Waals surface area contributed by atoms with Gasteiger partial charge in [-0.05, 0) is 19.1 Å². The number of carbonyl (C=O) groups is 1. The lowest BCUT2D eigenvalue weighted by atomic mass is 9.84. The number of hydrogen-bond donors (Lipinski definition) is 2. The quantitative estimate of drug-likeness (QED) is 0.719. The van der Waals surface area contributed by atoms with Crippen molar-refractivity contribution in [2.24, 2.45) is 5.41 Å². The van der Waals surface area contributed by atoms with Gasteiger partial charge >= 0.3 is 0 Å². The fourth-order valence-corrected chi connectivity index (χ4v) is 2.31. The van der Waals surface area contributed by atoms with Crippen molar-refractivity contribution < 1.29 is 13.9 Å². The van der Waals surface area contributed by atoms with Gasteiger partial charge in [0.15, 0.2) is 0 Å². The molecule has 1 aromatic carbocycles. The highest BCUT2D eigenvalue weighted by Crippen LogP contribution is 2.38. The van der Waals surface area contributed by atoms with Crippen LogP contribution in [0.1, 0.15) is 6.92 Å². The van der Waals surface area contributed by atoms with Gasteiger partial charge in [-0.15, -0.1) is 0 Å². The minimum atomic E-state index is -0.647. The summed E-state index contributed by atoms with van der Waals surface area (Å²) in [6.07, 6.45) is 0. The molecule has 2 N–H and O–H groups in total. The van der Waals surface area contributed by atoms with E-state index < -0.39 is 11.2 Å². The first kappa shape index (κ1) is 10.5. The number of hydrogen-bond acceptors (Lipinski definition) is 3. The summed E-state index contributed by atoms with van der Waals surface area (Å²) in [6, 6.07) is 4.58. The van der Waals surface area contributed by atoms with E-state index in [2.05, 4.69) is 10.6 Å². The van der Waals surface area contributed by atoms with E-state index in [9.17, 15) is 9.18 Å². The molecule has 90 valence electrons. The van der Waals surface area contributed by atoms with Crippen molar-refractivity contribution >= 4 is 17.3 Å². The third kappa shape index (κ3) is 1.42. The zero-order chi connectivity index (χ0) is 12.0. The van der Waals surface area contributed by atoms with Crippen LogP contribution in [0.3, 0.4) is 0 Å². The predicted molar refractivity (Wildman–Crippen MR) is 61.4 cm³/mol. The van der Waals surface area contributed by atoms with Gasteiger partial charge in [-0.25, -0.2) is 4.39 Å². The zero-order valence-electron chi connectivity index (χ0n) is 9.42. The van der Waals surface area contributed by atoms with E-state index in [1.807, 2.05) is 6.92 Å². The monoisotopic (exact) mass is 236 g/mol. The van der Waals surface area contributed by atoms with Crippen molar-refractivity contribution in [3.8, 4) is 0 Å². The molecule has 1 fully saturated rings. The molecule has 0 aliphatic carbocycles. The number of fused-ring (bicyclic) bond motifs is 2. The number of ether oxygens (including phenoxy) is 1. The number of carbonyl (C=O) groups excluding carboxylic acids is 1. The first-order chi connectivity index (χ1) is 8.11. The SMILES string of the molecule is CC12COCC1Nc1cccc(F)c1NC2=O. The van der Waals surface area contributed by atoms with Crippen LogP contribution in [0, 0.1) is 11.2 Å². The van der Waals surface area contributed by atoms with Crippen LogP contribution >= 0.6 is 0 Å². The Hall–Kier alpha value is -1.62. The maximum absolute atomic E-state index is 13.6. The molecule has 3 rings (SSSR count). The number of para-hydroxylation sites is 1. The standard InChI is InChI=1S/C12H13FN2O2/c1-12-6-17-5-9(12)14-8-4-2-3-7(13)10(8)15-11(12)16/h2-4,9,14H,5-6H2,1H3,(H,15,16). The third-order valence-electron chi connectivity index (χ3n) is 3.56. The normalized spacial score (nSPS) is 30.9.